The second-order valence-electron chi connectivity index (χ2n) is 5.22. The molecule has 6 nitrogen and oxygen atoms in total. The highest BCUT2D eigenvalue weighted by molar-refractivity contribution is 9.10. The maximum Gasteiger partial charge on any atom is 0.271 e. The van der Waals surface area contributed by atoms with E-state index in [1.54, 1.807) is 6.07 Å². The van der Waals surface area contributed by atoms with Gasteiger partial charge in [0.15, 0.2) is 0 Å². The van der Waals surface area contributed by atoms with Crippen LogP contribution >= 0.6 is 15.9 Å². The number of benzene rings is 1. The molecule has 108 valence electrons. The molecular formula is C13H16BrN3O3. The largest absolute Gasteiger partial charge is 0.324 e. The number of non-ortho nitro benzene ring substituents is 1. The zero-order chi connectivity index (χ0) is 14.8. The molecule has 1 fully saturated rings. The standard InChI is InChI=1S/C13H16BrN3O3/c1-13(5-2-6-15-8-13)12(18)16-11-7-9(17(19)20)3-4-10(11)14/h3-4,7,15H,2,5-6,8H2,1H3,(H,16,18). The number of amides is 1. The van der Waals surface area contributed by atoms with Gasteiger partial charge in [-0.2, -0.15) is 0 Å². The van der Waals surface area contributed by atoms with Crippen LogP contribution in [0.4, 0.5) is 11.4 Å². The van der Waals surface area contributed by atoms with Crippen LogP contribution in [0, 0.1) is 15.5 Å². The lowest BCUT2D eigenvalue weighted by molar-refractivity contribution is -0.384. The fourth-order valence-corrected chi connectivity index (χ4v) is 2.59. The Morgan fingerprint density at radius 1 is 1.55 bits per heavy atom. The van der Waals surface area contributed by atoms with Gasteiger partial charge < -0.3 is 10.6 Å². The van der Waals surface area contributed by atoms with Gasteiger partial charge in [-0.25, -0.2) is 0 Å². The summed E-state index contributed by atoms with van der Waals surface area (Å²) in [7, 11) is 0. The molecule has 1 saturated heterocycles. The quantitative estimate of drug-likeness (QED) is 0.653. The molecule has 0 radical (unpaired) electrons. The van der Waals surface area contributed by atoms with Crippen molar-refractivity contribution in [1.29, 1.82) is 0 Å². The topological polar surface area (TPSA) is 84.3 Å². The fourth-order valence-electron chi connectivity index (χ4n) is 2.25. The molecule has 0 aromatic heterocycles. The van der Waals surface area contributed by atoms with E-state index in [1.807, 2.05) is 6.92 Å². The number of carbonyl (C=O) groups is 1. The van der Waals surface area contributed by atoms with Crippen molar-refractivity contribution < 1.29 is 9.72 Å². The van der Waals surface area contributed by atoms with Crippen LogP contribution < -0.4 is 10.6 Å². The third-order valence-corrected chi connectivity index (χ3v) is 4.25. The molecule has 0 aliphatic carbocycles. The molecule has 2 N–H and O–H groups in total. The summed E-state index contributed by atoms with van der Waals surface area (Å²) in [4.78, 5) is 22.7. The summed E-state index contributed by atoms with van der Waals surface area (Å²) in [6.07, 6.45) is 1.75. The van der Waals surface area contributed by atoms with E-state index in [2.05, 4.69) is 26.6 Å². The summed E-state index contributed by atoms with van der Waals surface area (Å²) >= 11 is 3.30. The van der Waals surface area contributed by atoms with Gasteiger partial charge in [0.1, 0.15) is 0 Å². The molecular weight excluding hydrogens is 326 g/mol. The first-order valence-corrected chi connectivity index (χ1v) is 7.18. The highest BCUT2D eigenvalue weighted by Gasteiger charge is 2.35. The number of carbonyl (C=O) groups excluding carboxylic acids is 1. The predicted octanol–water partition coefficient (Wildman–Crippen LogP) is 2.69. The number of nitro groups is 1. The highest BCUT2D eigenvalue weighted by Crippen LogP contribution is 2.31. The molecule has 7 heteroatoms. The summed E-state index contributed by atoms with van der Waals surface area (Å²) in [6.45, 7) is 3.44. The minimum Gasteiger partial charge on any atom is -0.324 e. The molecule has 20 heavy (non-hydrogen) atoms. The van der Waals surface area contributed by atoms with Crippen LogP contribution in [0.25, 0.3) is 0 Å². The van der Waals surface area contributed by atoms with Crippen molar-refractivity contribution in [2.24, 2.45) is 5.41 Å². The van der Waals surface area contributed by atoms with E-state index in [9.17, 15) is 14.9 Å². The predicted molar refractivity (Wildman–Crippen MR) is 79.6 cm³/mol. The van der Waals surface area contributed by atoms with E-state index in [0.717, 1.165) is 19.4 Å². The summed E-state index contributed by atoms with van der Waals surface area (Å²) < 4.78 is 0.629. The minimum atomic E-state index is -0.484. The average Bonchev–Trinajstić information content (AvgIpc) is 2.41. The number of anilines is 1. The summed E-state index contributed by atoms with van der Waals surface area (Å²) in [6, 6.07) is 4.32. The van der Waals surface area contributed by atoms with Gasteiger partial charge in [-0.3, -0.25) is 14.9 Å². The normalized spacial score (nSPS) is 22.3. The first kappa shape index (κ1) is 14.9. The summed E-state index contributed by atoms with van der Waals surface area (Å²) in [5.41, 5.74) is -0.103. The third kappa shape index (κ3) is 3.16. The maximum atomic E-state index is 12.4. The number of hydrogen-bond acceptors (Lipinski definition) is 4. The van der Waals surface area contributed by atoms with Crippen LogP contribution in [-0.2, 0) is 4.79 Å². The summed E-state index contributed by atoms with van der Waals surface area (Å²) in [5.74, 6) is -0.120. The second-order valence-corrected chi connectivity index (χ2v) is 6.07. The third-order valence-electron chi connectivity index (χ3n) is 3.55. The Morgan fingerprint density at radius 3 is 2.90 bits per heavy atom. The number of nitro benzene ring substituents is 1. The fraction of sp³-hybridized carbons (Fsp3) is 0.462. The second kappa shape index (κ2) is 5.88. The van der Waals surface area contributed by atoms with Crippen LogP contribution in [0.5, 0.6) is 0 Å². The van der Waals surface area contributed by atoms with Gasteiger partial charge in [-0.15, -0.1) is 0 Å². The molecule has 0 bridgehead atoms. The van der Waals surface area contributed by atoms with Gasteiger partial charge in [0.2, 0.25) is 5.91 Å². The van der Waals surface area contributed by atoms with Crippen LogP contribution in [0.3, 0.4) is 0 Å². The van der Waals surface area contributed by atoms with E-state index < -0.39 is 10.3 Å². The maximum absolute atomic E-state index is 12.4. The zero-order valence-corrected chi connectivity index (χ0v) is 12.7. The molecule has 1 amide bonds. The molecule has 1 atom stereocenters. The first-order chi connectivity index (χ1) is 9.42. The van der Waals surface area contributed by atoms with Crippen molar-refractivity contribution in [1.82, 2.24) is 5.32 Å². The lowest BCUT2D eigenvalue weighted by atomic mass is 9.82. The van der Waals surface area contributed by atoms with E-state index in [0.29, 0.717) is 16.7 Å². The number of rotatable bonds is 3. The Labute approximate surface area is 125 Å². The van der Waals surface area contributed by atoms with Crippen LogP contribution in [0.15, 0.2) is 22.7 Å². The Morgan fingerprint density at radius 2 is 2.30 bits per heavy atom. The van der Waals surface area contributed by atoms with Crippen molar-refractivity contribution in [2.45, 2.75) is 19.8 Å². The van der Waals surface area contributed by atoms with Crippen molar-refractivity contribution in [3.05, 3.63) is 32.8 Å². The molecule has 0 saturated carbocycles. The molecule has 1 aliphatic rings. The van der Waals surface area contributed by atoms with Gasteiger partial charge in [-0.1, -0.05) is 0 Å². The lowest BCUT2D eigenvalue weighted by Crippen LogP contribution is -2.46. The van der Waals surface area contributed by atoms with E-state index in [1.165, 1.54) is 12.1 Å². The lowest BCUT2D eigenvalue weighted by Gasteiger charge is -2.32. The molecule has 0 spiro atoms. The Kier molecular flexibility index (Phi) is 4.39. The first-order valence-electron chi connectivity index (χ1n) is 6.38. The average molecular weight is 342 g/mol. The number of nitrogens with zero attached hydrogens (tertiary/aromatic N) is 1. The molecule has 2 rings (SSSR count). The van der Waals surface area contributed by atoms with E-state index in [4.69, 9.17) is 0 Å². The number of nitrogens with one attached hydrogen (secondary N) is 2. The van der Waals surface area contributed by atoms with Gasteiger partial charge in [-0.05, 0) is 48.3 Å². The molecule has 1 unspecified atom stereocenters. The van der Waals surface area contributed by atoms with Gasteiger partial charge >= 0.3 is 0 Å². The van der Waals surface area contributed by atoms with Crippen molar-refractivity contribution in [3.63, 3.8) is 0 Å². The van der Waals surface area contributed by atoms with E-state index >= 15 is 0 Å². The van der Waals surface area contributed by atoms with Crippen LogP contribution in [0.1, 0.15) is 19.8 Å². The van der Waals surface area contributed by atoms with Crippen LogP contribution in [0.2, 0.25) is 0 Å². The Bertz CT molecular complexity index is 542. The molecule has 1 aromatic rings. The van der Waals surface area contributed by atoms with Crippen molar-refractivity contribution in [3.8, 4) is 0 Å². The number of hydrogen-bond donors (Lipinski definition) is 2. The monoisotopic (exact) mass is 341 g/mol. The van der Waals surface area contributed by atoms with E-state index in [-0.39, 0.29) is 11.6 Å². The van der Waals surface area contributed by atoms with Gasteiger partial charge in [0.25, 0.3) is 5.69 Å². The molecule has 1 heterocycles. The molecule has 1 aromatic carbocycles. The summed E-state index contributed by atoms with van der Waals surface area (Å²) in [5, 5.41) is 16.8. The number of halogens is 1. The van der Waals surface area contributed by atoms with Gasteiger partial charge in [0, 0.05) is 23.2 Å². The van der Waals surface area contributed by atoms with Crippen molar-refractivity contribution in [2.75, 3.05) is 18.4 Å². The SMILES string of the molecule is CC1(C(=O)Nc2cc([N+](=O)[O-])ccc2Br)CCCNC1. The molecule has 1 aliphatic heterocycles. The smallest absolute Gasteiger partial charge is 0.271 e. The zero-order valence-electron chi connectivity index (χ0n) is 11.1. The van der Waals surface area contributed by atoms with Gasteiger partial charge in [0.05, 0.1) is 16.0 Å². The minimum absolute atomic E-state index is 0.0459. The highest BCUT2D eigenvalue weighted by atomic mass is 79.9. The number of piperidine rings is 1. The van der Waals surface area contributed by atoms with Crippen molar-refractivity contribution >= 4 is 33.2 Å². The Hall–Kier alpha value is -1.47. The van der Waals surface area contributed by atoms with Crippen LogP contribution in [-0.4, -0.2) is 23.9 Å². The Balaban J connectivity index is 2.18.